The monoisotopic (exact) mass is 264 g/mol. The molecule has 17 heavy (non-hydrogen) atoms. The SMILES string of the molecule is CC(C)OCCN(C)S(=O)(=O)C1CCCNC1. The topological polar surface area (TPSA) is 58.6 Å². The van der Waals surface area contributed by atoms with Crippen molar-refractivity contribution in [2.75, 3.05) is 33.3 Å². The Morgan fingerprint density at radius 1 is 1.47 bits per heavy atom. The van der Waals surface area contributed by atoms with Crippen LogP contribution < -0.4 is 5.32 Å². The molecule has 0 aromatic heterocycles. The predicted molar refractivity (Wildman–Crippen MR) is 68.5 cm³/mol. The number of likely N-dealkylation sites (N-methyl/N-ethyl adjacent to an activating group) is 1. The van der Waals surface area contributed by atoms with Gasteiger partial charge in [-0.05, 0) is 33.2 Å². The summed E-state index contributed by atoms with van der Waals surface area (Å²) in [5.74, 6) is 0. The molecule has 0 radical (unpaired) electrons. The molecule has 1 N–H and O–H groups in total. The van der Waals surface area contributed by atoms with E-state index in [2.05, 4.69) is 5.32 Å². The van der Waals surface area contributed by atoms with Crippen LogP contribution in [-0.2, 0) is 14.8 Å². The highest BCUT2D eigenvalue weighted by atomic mass is 32.2. The van der Waals surface area contributed by atoms with Crippen molar-refractivity contribution in [1.82, 2.24) is 9.62 Å². The number of piperidine rings is 1. The molecule has 0 bridgehead atoms. The minimum Gasteiger partial charge on any atom is -0.377 e. The number of ether oxygens (including phenoxy) is 1. The third kappa shape index (κ3) is 4.54. The normalized spacial score (nSPS) is 22.3. The lowest BCUT2D eigenvalue weighted by Crippen LogP contribution is -2.45. The highest BCUT2D eigenvalue weighted by Crippen LogP contribution is 2.14. The fourth-order valence-electron chi connectivity index (χ4n) is 1.87. The first-order valence-electron chi connectivity index (χ1n) is 6.22. The van der Waals surface area contributed by atoms with Crippen LogP contribution in [0.15, 0.2) is 0 Å². The van der Waals surface area contributed by atoms with Gasteiger partial charge in [0.2, 0.25) is 10.0 Å². The Balaban J connectivity index is 2.45. The van der Waals surface area contributed by atoms with Crippen LogP contribution in [0, 0.1) is 0 Å². The second-order valence-electron chi connectivity index (χ2n) is 4.75. The standard InChI is InChI=1S/C11H24N2O3S/c1-10(2)16-8-7-13(3)17(14,15)11-5-4-6-12-9-11/h10-12H,4-9H2,1-3H3. The summed E-state index contributed by atoms with van der Waals surface area (Å²) in [5.41, 5.74) is 0. The van der Waals surface area contributed by atoms with E-state index in [1.807, 2.05) is 13.8 Å². The Hall–Kier alpha value is -0.170. The van der Waals surface area contributed by atoms with E-state index in [9.17, 15) is 8.42 Å². The minimum absolute atomic E-state index is 0.141. The van der Waals surface area contributed by atoms with Gasteiger partial charge in [0.15, 0.2) is 0 Å². The second-order valence-corrected chi connectivity index (χ2v) is 7.07. The van der Waals surface area contributed by atoms with Crippen molar-refractivity contribution in [1.29, 1.82) is 0 Å². The first-order chi connectivity index (χ1) is 7.94. The largest absolute Gasteiger partial charge is 0.377 e. The molecule has 1 atom stereocenters. The van der Waals surface area contributed by atoms with Gasteiger partial charge in [0.25, 0.3) is 0 Å². The zero-order valence-electron chi connectivity index (χ0n) is 11.0. The lowest BCUT2D eigenvalue weighted by Gasteiger charge is -2.27. The van der Waals surface area contributed by atoms with Gasteiger partial charge in [0.05, 0.1) is 18.0 Å². The van der Waals surface area contributed by atoms with Crippen LogP contribution in [0.4, 0.5) is 0 Å². The molecule has 102 valence electrons. The Labute approximate surface area is 105 Å². The quantitative estimate of drug-likeness (QED) is 0.755. The molecule has 0 aliphatic carbocycles. The molecular weight excluding hydrogens is 240 g/mol. The maximum atomic E-state index is 12.2. The third-order valence-electron chi connectivity index (χ3n) is 2.96. The average molecular weight is 264 g/mol. The van der Waals surface area contributed by atoms with Gasteiger partial charge in [-0.2, -0.15) is 0 Å². The molecule has 6 heteroatoms. The van der Waals surface area contributed by atoms with Crippen molar-refractivity contribution in [3.63, 3.8) is 0 Å². The summed E-state index contributed by atoms with van der Waals surface area (Å²) in [5, 5.41) is 2.86. The van der Waals surface area contributed by atoms with Gasteiger partial charge in [0.1, 0.15) is 0 Å². The summed E-state index contributed by atoms with van der Waals surface area (Å²) in [6.07, 6.45) is 1.83. The molecule has 0 spiro atoms. The number of hydrogen-bond acceptors (Lipinski definition) is 4. The van der Waals surface area contributed by atoms with Gasteiger partial charge in [0, 0.05) is 20.1 Å². The van der Waals surface area contributed by atoms with Crippen LogP contribution in [0.2, 0.25) is 0 Å². The van der Waals surface area contributed by atoms with Gasteiger partial charge < -0.3 is 10.1 Å². The Morgan fingerprint density at radius 2 is 2.18 bits per heavy atom. The molecule has 0 amide bonds. The Kier molecular flexibility index (Phi) is 5.85. The number of nitrogens with zero attached hydrogens (tertiary/aromatic N) is 1. The fourth-order valence-corrected chi connectivity index (χ4v) is 3.50. The van der Waals surface area contributed by atoms with Crippen LogP contribution in [-0.4, -0.2) is 57.4 Å². The summed E-state index contributed by atoms with van der Waals surface area (Å²) >= 11 is 0. The van der Waals surface area contributed by atoms with E-state index in [-0.39, 0.29) is 11.4 Å². The Bertz CT molecular complexity index is 311. The van der Waals surface area contributed by atoms with Gasteiger partial charge in [-0.1, -0.05) is 0 Å². The molecule has 0 saturated carbocycles. The van der Waals surface area contributed by atoms with Crippen molar-refractivity contribution in [3.8, 4) is 0 Å². The van der Waals surface area contributed by atoms with Gasteiger partial charge in [-0.15, -0.1) is 0 Å². The summed E-state index contributed by atoms with van der Waals surface area (Å²) in [7, 11) is -1.54. The minimum atomic E-state index is -3.17. The average Bonchev–Trinajstić information content (AvgIpc) is 2.29. The van der Waals surface area contributed by atoms with E-state index in [4.69, 9.17) is 4.74 Å². The van der Waals surface area contributed by atoms with Crippen molar-refractivity contribution < 1.29 is 13.2 Å². The van der Waals surface area contributed by atoms with E-state index in [1.165, 1.54) is 4.31 Å². The van der Waals surface area contributed by atoms with Crippen LogP contribution in [0.5, 0.6) is 0 Å². The first kappa shape index (κ1) is 14.9. The molecule has 1 unspecified atom stereocenters. The van der Waals surface area contributed by atoms with E-state index < -0.39 is 10.0 Å². The molecule has 1 aliphatic rings. The molecule has 1 saturated heterocycles. The summed E-state index contributed by atoms with van der Waals surface area (Å²) < 4.78 is 31.2. The van der Waals surface area contributed by atoms with Crippen molar-refractivity contribution in [2.45, 2.75) is 38.0 Å². The number of rotatable bonds is 6. The van der Waals surface area contributed by atoms with Crippen LogP contribution in [0.3, 0.4) is 0 Å². The lowest BCUT2D eigenvalue weighted by molar-refractivity contribution is 0.0735. The van der Waals surface area contributed by atoms with E-state index in [1.54, 1.807) is 7.05 Å². The maximum Gasteiger partial charge on any atom is 0.218 e. The molecule has 5 nitrogen and oxygen atoms in total. The summed E-state index contributed by atoms with van der Waals surface area (Å²) in [6, 6.07) is 0. The molecule has 1 heterocycles. The van der Waals surface area contributed by atoms with Gasteiger partial charge >= 0.3 is 0 Å². The van der Waals surface area contributed by atoms with Crippen molar-refractivity contribution in [3.05, 3.63) is 0 Å². The number of hydrogen-bond donors (Lipinski definition) is 1. The zero-order valence-corrected chi connectivity index (χ0v) is 11.8. The molecule has 0 aromatic rings. The highest BCUT2D eigenvalue weighted by molar-refractivity contribution is 7.89. The molecular formula is C11H24N2O3S. The maximum absolute atomic E-state index is 12.2. The molecule has 1 rings (SSSR count). The van der Waals surface area contributed by atoms with Gasteiger partial charge in [-0.25, -0.2) is 12.7 Å². The van der Waals surface area contributed by atoms with Crippen LogP contribution in [0.1, 0.15) is 26.7 Å². The third-order valence-corrected chi connectivity index (χ3v) is 5.26. The number of nitrogens with one attached hydrogen (secondary N) is 1. The van der Waals surface area contributed by atoms with E-state index in [0.717, 1.165) is 19.4 Å². The van der Waals surface area contributed by atoms with E-state index >= 15 is 0 Å². The van der Waals surface area contributed by atoms with Crippen LogP contribution in [0.25, 0.3) is 0 Å². The second kappa shape index (κ2) is 6.68. The summed E-state index contributed by atoms with van der Waals surface area (Å²) in [4.78, 5) is 0. The van der Waals surface area contributed by atoms with E-state index in [0.29, 0.717) is 19.7 Å². The number of sulfonamides is 1. The van der Waals surface area contributed by atoms with Crippen molar-refractivity contribution in [2.24, 2.45) is 0 Å². The van der Waals surface area contributed by atoms with Gasteiger partial charge in [-0.3, -0.25) is 0 Å². The molecule has 1 fully saturated rings. The lowest BCUT2D eigenvalue weighted by atomic mass is 10.2. The van der Waals surface area contributed by atoms with Crippen LogP contribution >= 0.6 is 0 Å². The summed E-state index contributed by atoms with van der Waals surface area (Å²) in [6.45, 7) is 6.26. The molecule has 0 aromatic carbocycles. The highest BCUT2D eigenvalue weighted by Gasteiger charge is 2.30. The molecule has 1 aliphatic heterocycles. The first-order valence-corrected chi connectivity index (χ1v) is 7.72. The van der Waals surface area contributed by atoms with Crippen molar-refractivity contribution >= 4 is 10.0 Å². The predicted octanol–water partition coefficient (Wildman–Crippen LogP) is 0.425. The fraction of sp³-hybridized carbons (Fsp3) is 1.00. The zero-order chi connectivity index (χ0) is 12.9. The Morgan fingerprint density at radius 3 is 2.71 bits per heavy atom. The smallest absolute Gasteiger partial charge is 0.218 e.